The molecule has 188 valence electrons. The normalized spacial score (nSPS) is 15.8. The van der Waals surface area contributed by atoms with E-state index in [1.165, 1.54) is 42.4 Å². The molecule has 3 aromatic carbocycles. The van der Waals surface area contributed by atoms with Gasteiger partial charge in [-0.1, -0.05) is 91.7 Å². The van der Waals surface area contributed by atoms with Crippen LogP contribution in [0.1, 0.15) is 64.4 Å². The minimum absolute atomic E-state index is 0.103. The average Bonchev–Trinajstić information content (AvgIpc) is 2.92. The van der Waals surface area contributed by atoms with E-state index in [0.717, 1.165) is 36.3 Å². The van der Waals surface area contributed by atoms with Crippen LogP contribution in [0.3, 0.4) is 0 Å². The van der Waals surface area contributed by atoms with Crippen molar-refractivity contribution < 1.29 is 9.13 Å². The number of hydrogen-bond donors (Lipinski definition) is 0. The molecule has 0 heterocycles. The second kappa shape index (κ2) is 12.9. The summed E-state index contributed by atoms with van der Waals surface area (Å²) in [6.45, 7) is 4.66. The van der Waals surface area contributed by atoms with Crippen molar-refractivity contribution in [3.8, 4) is 28.0 Å². The third-order valence-corrected chi connectivity index (χ3v) is 7.45. The highest BCUT2D eigenvalue weighted by Crippen LogP contribution is 2.37. The van der Waals surface area contributed by atoms with Crippen LogP contribution < -0.4 is 4.74 Å². The average molecular weight is 503 g/mol. The Morgan fingerprint density at radius 2 is 1.61 bits per heavy atom. The van der Waals surface area contributed by atoms with Crippen molar-refractivity contribution in [2.24, 2.45) is 5.92 Å². The Morgan fingerprint density at radius 3 is 2.22 bits per heavy atom. The lowest BCUT2D eigenvalue weighted by Crippen LogP contribution is -2.05. The summed E-state index contributed by atoms with van der Waals surface area (Å²) in [6.07, 6.45) is 14.9. The predicted octanol–water partition coefficient (Wildman–Crippen LogP) is 10.5. The maximum atomic E-state index is 14.7. The SMILES string of the molecule is CC=CCCC1CC=C(c2ccc(-c3ccc(-c4ccc(OCCCC)c(F)c4Cl)cc3)cc2)CC1. The van der Waals surface area contributed by atoms with Gasteiger partial charge in [0, 0.05) is 5.56 Å². The Bertz CT molecular complexity index is 1190. The molecule has 4 rings (SSSR count). The van der Waals surface area contributed by atoms with Crippen LogP contribution in [0.15, 0.2) is 78.9 Å². The van der Waals surface area contributed by atoms with Gasteiger partial charge in [-0.05, 0) is 91.3 Å². The first-order valence-electron chi connectivity index (χ1n) is 13.2. The van der Waals surface area contributed by atoms with E-state index in [9.17, 15) is 4.39 Å². The lowest BCUT2D eigenvalue weighted by Gasteiger charge is -2.22. The van der Waals surface area contributed by atoms with Crippen LogP contribution in [0.5, 0.6) is 5.75 Å². The van der Waals surface area contributed by atoms with E-state index in [2.05, 4.69) is 68.5 Å². The highest BCUT2D eigenvalue weighted by molar-refractivity contribution is 6.33. The highest BCUT2D eigenvalue weighted by atomic mass is 35.5. The van der Waals surface area contributed by atoms with E-state index in [-0.39, 0.29) is 10.8 Å². The van der Waals surface area contributed by atoms with Gasteiger partial charge in [0.05, 0.1) is 11.6 Å². The van der Waals surface area contributed by atoms with E-state index in [0.29, 0.717) is 12.2 Å². The molecule has 36 heavy (non-hydrogen) atoms. The standard InChI is InChI=1S/C33H36ClFO/c1-3-5-7-8-24-9-11-25(12-10-24)26-13-15-27(16-14-26)28-17-19-29(20-18-28)30-21-22-31(33(35)32(30)34)36-23-6-4-2/h3,5,11,13-22,24H,4,6-10,12,23H2,1-2H3. The van der Waals surface area contributed by atoms with Crippen LogP contribution in [-0.4, -0.2) is 6.61 Å². The van der Waals surface area contributed by atoms with Gasteiger partial charge in [0.25, 0.3) is 0 Å². The molecule has 1 nitrogen and oxygen atoms in total. The van der Waals surface area contributed by atoms with Gasteiger partial charge >= 0.3 is 0 Å². The highest BCUT2D eigenvalue weighted by Gasteiger charge is 2.16. The lowest BCUT2D eigenvalue weighted by atomic mass is 9.84. The van der Waals surface area contributed by atoms with Gasteiger partial charge in [0.15, 0.2) is 11.6 Å². The molecule has 0 radical (unpaired) electrons. The van der Waals surface area contributed by atoms with Crippen LogP contribution in [0.2, 0.25) is 5.02 Å². The number of hydrogen-bond acceptors (Lipinski definition) is 1. The molecular formula is C33H36ClFO. The summed E-state index contributed by atoms with van der Waals surface area (Å²) in [4.78, 5) is 0. The first-order chi connectivity index (χ1) is 17.6. The van der Waals surface area contributed by atoms with Crippen LogP contribution in [0.25, 0.3) is 27.8 Å². The van der Waals surface area contributed by atoms with E-state index >= 15 is 0 Å². The molecular weight excluding hydrogens is 467 g/mol. The van der Waals surface area contributed by atoms with Gasteiger partial charge in [0.1, 0.15) is 0 Å². The number of benzene rings is 3. The molecule has 0 aliphatic heterocycles. The number of ether oxygens (including phenoxy) is 1. The molecule has 3 aromatic rings. The van der Waals surface area contributed by atoms with Crippen LogP contribution >= 0.6 is 11.6 Å². The van der Waals surface area contributed by atoms with Gasteiger partial charge in [0.2, 0.25) is 0 Å². The van der Waals surface area contributed by atoms with E-state index in [4.69, 9.17) is 16.3 Å². The van der Waals surface area contributed by atoms with Crippen molar-refractivity contribution in [3.63, 3.8) is 0 Å². The zero-order chi connectivity index (χ0) is 25.3. The molecule has 0 saturated carbocycles. The zero-order valence-corrected chi connectivity index (χ0v) is 22.2. The van der Waals surface area contributed by atoms with Crippen molar-refractivity contribution in [2.45, 2.75) is 58.8 Å². The Hall–Kier alpha value is -2.84. The molecule has 1 atom stereocenters. The first kappa shape index (κ1) is 26.2. The lowest BCUT2D eigenvalue weighted by molar-refractivity contribution is 0.294. The molecule has 0 spiro atoms. The molecule has 1 unspecified atom stereocenters. The van der Waals surface area contributed by atoms with Crippen LogP contribution in [0, 0.1) is 11.7 Å². The maximum absolute atomic E-state index is 14.7. The Labute approximate surface area is 220 Å². The van der Waals surface area contributed by atoms with Gasteiger partial charge in [-0.3, -0.25) is 0 Å². The molecule has 0 aromatic heterocycles. The van der Waals surface area contributed by atoms with Gasteiger partial charge in [-0.2, -0.15) is 0 Å². The largest absolute Gasteiger partial charge is 0.490 e. The Balaban J connectivity index is 1.42. The van der Waals surface area contributed by atoms with Crippen LogP contribution in [0.4, 0.5) is 4.39 Å². The van der Waals surface area contributed by atoms with Crippen molar-refractivity contribution >= 4 is 17.2 Å². The number of rotatable bonds is 10. The third-order valence-electron chi connectivity index (χ3n) is 7.08. The summed E-state index contributed by atoms with van der Waals surface area (Å²) in [7, 11) is 0. The van der Waals surface area contributed by atoms with E-state index in [1.807, 2.05) is 18.2 Å². The summed E-state index contributed by atoms with van der Waals surface area (Å²) in [5.41, 5.74) is 6.65. The van der Waals surface area contributed by atoms with Crippen LogP contribution in [-0.2, 0) is 0 Å². The number of unbranched alkanes of at least 4 members (excludes halogenated alkanes) is 1. The summed E-state index contributed by atoms with van der Waals surface area (Å²) < 4.78 is 20.3. The second-order valence-electron chi connectivity index (χ2n) is 9.61. The molecule has 0 fully saturated rings. The predicted molar refractivity (Wildman–Crippen MR) is 152 cm³/mol. The summed E-state index contributed by atoms with van der Waals surface area (Å²) in [5, 5.41) is 0.103. The number of allylic oxidation sites excluding steroid dienone is 4. The fourth-order valence-electron chi connectivity index (χ4n) is 4.82. The summed E-state index contributed by atoms with van der Waals surface area (Å²) in [5.74, 6) is 0.534. The van der Waals surface area contributed by atoms with Crippen molar-refractivity contribution in [2.75, 3.05) is 6.61 Å². The first-order valence-corrected chi connectivity index (χ1v) is 13.6. The Kier molecular flexibility index (Phi) is 9.41. The quantitative estimate of drug-likeness (QED) is 0.198. The van der Waals surface area contributed by atoms with Gasteiger partial charge in [-0.25, -0.2) is 4.39 Å². The third kappa shape index (κ3) is 6.48. The van der Waals surface area contributed by atoms with Crippen molar-refractivity contribution in [1.29, 1.82) is 0 Å². The van der Waals surface area contributed by atoms with E-state index in [1.54, 1.807) is 6.07 Å². The van der Waals surface area contributed by atoms with Crippen molar-refractivity contribution in [3.05, 3.63) is 95.3 Å². The minimum atomic E-state index is -0.494. The monoisotopic (exact) mass is 502 g/mol. The topological polar surface area (TPSA) is 9.23 Å². The zero-order valence-electron chi connectivity index (χ0n) is 21.4. The molecule has 3 heteroatoms. The molecule has 0 bridgehead atoms. The summed E-state index contributed by atoms with van der Waals surface area (Å²) in [6, 6.07) is 20.5. The molecule has 0 amide bonds. The molecule has 0 saturated heterocycles. The van der Waals surface area contributed by atoms with E-state index < -0.39 is 5.82 Å². The minimum Gasteiger partial charge on any atom is -0.490 e. The van der Waals surface area contributed by atoms with Gasteiger partial charge < -0.3 is 4.74 Å². The number of halogens is 2. The maximum Gasteiger partial charge on any atom is 0.184 e. The Morgan fingerprint density at radius 1 is 0.944 bits per heavy atom. The fourth-order valence-corrected chi connectivity index (χ4v) is 5.09. The smallest absolute Gasteiger partial charge is 0.184 e. The second-order valence-corrected chi connectivity index (χ2v) is 9.99. The summed E-state index contributed by atoms with van der Waals surface area (Å²) >= 11 is 6.37. The fraction of sp³-hybridized carbons (Fsp3) is 0.333. The molecule has 1 aliphatic rings. The molecule has 1 aliphatic carbocycles. The van der Waals surface area contributed by atoms with Crippen molar-refractivity contribution in [1.82, 2.24) is 0 Å². The molecule has 0 N–H and O–H groups in total. The van der Waals surface area contributed by atoms with Gasteiger partial charge in [-0.15, -0.1) is 0 Å².